The minimum Gasteiger partial charge on any atom is -0.547 e. The predicted molar refractivity (Wildman–Crippen MR) is 80.6 cm³/mol. The van der Waals surface area contributed by atoms with Gasteiger partial charge in [0.05, 0.1) is 17.6 Å². The summed E-state index contributed by atoms with van der Waals surface area (Å²) < 4.78 is 6.20. The first kappa shape index (κ1) is 14.8. The summed E-state index contributed by atoms with van der Waals surface area (Å²) in [6.45, 7) is 16.9. The van der Waals surface area contributed by atoms with E-state index in [1.54, 1.807) is 12.3 Å². The highest BCUT2D eigenvalue weighted by Crippen LogP contribution is 2.38. The zero-order chi connectivity index (χ0) is 14.0. The molecule has 0 radical (unpaired) electrons. The summed E-state index contributed by atoms with van der Waals surface area (Å²) >= 11 is 0. The summed E-state index contributed by atoms with van der Waals surface area (Å²) in [7, 11) is -1.75. The lowest BCUT2D eigenvalue weighted by atomic mass is 10.2. The molecule has 0 saturated carbocycles. The third-order valence-corrected chi connectivity index (χ3v) is 7.93. The van der Waals surface area contributed by atoms with Crippen molar-refractivity contribution in [3.63, 3.8) is 0 Å². The Bertz CT molecular complexity index is 453. The van der Waals surface area contributed by atoms with E-state index in [-0.39, 0.29) is 5.04 Å². The number of rotatable bonds is 4. The van der Waals surface area contributed by atoms with Gasteiger partial charge in [-0.05, 0) is 37.2 Å². The van der Waals surface area contributed by atoms with E-state index in [0.29, 0.717) is 0 Å². The van der Waals surface area contributed by atoms with Crippen LogP contribution in [0.5, 0.6) is 0 Å². The second-order valence-corrected chi connectivity index (χ2v) is 10.8. The van der Waals surface area contributed by atoms with E-state index >= 15 is 0 Å². The minimum atomic E-state index is -1.75. The van der Waals surface area contributed by atoms with Crippen molar-refractivity contribution in [1.82, 2.24) is 10.2 Å². The largest absolute Gasteiger partial charge is 0.547 e. The summed E-state index contributed by atoms with van der Waals surface area (Å²) in [6, 6.07) is 0. The molecule has 3 nitrogen and oxygen atoms in total. The molecule has 1 N–H and O–H groups in total. The molecular weight excluding hydrogens is 240 g/mol. The molecular formula is C14H24N2OSi. The van der Waals surface area contributed by atoms with Gasteiger partial charge in [0.2, 0.25) is 8.32 Å². The molecule has 0 bridgehead atoms. The molecule has 0 spiro atoms. The van der Waals surface area contributed by atoms with E-state index < -0.39 is 8.32 Å². The molecule has 0 aliphatic rings. The first-order valence-electron chi connectivity index (χ1n) is 6.20. The Morgan fingerprint density at radius 1 is 1.44 bits per heavy atom. The molecule has 0 fully saturated rings. The molecule has 18 heavy (non-hydrogen) atoms. The normalized spacial score (nSPS) is 13.6. The number of nitrogens with zero attached hydrogens (tertiary/aromatic N) is 1. The fourth-order valence-electron chi connectivity index (χ4n) is 1.39. The molecule has 100 valence electrons. The highest BCUT2D eigenvalue weighted by molar-refractivity contribution is 6.74. The van der Waals surface area contributed by atoms with Gasteiger partial charge in [-0.2, -0.15) is 5.10 Å². The van der Waals surface area contributed by atoms with Crippen molar-refractivity contribution in [1.29, 1.82) is 0 Å². The lowest BCUT2D eigenvalue weighted by Crippen LogP contribution is -2.40. The van der Waals surface area contributed by atoms with Crippen LogP contribution >= 0.6 is 0 Å². The Kier molecular flexibility index (Phi) is 4.22. The van der Waals surface area contributed by atoms with Crippen LogP contribution in [0.15, 0.2) is 18.5 Å². The van der Waals surface area contributed by atoms with E-state index in [1.807, 2.05) is 13.0 Å². The van der Waals surface area contributed by atoms with Gasteiger partial charge in [-0.1, -0.05) is 27.4 Å². The summed E-state index contributed by atoms with van der Waals surface area (Å²) in [5, 5.41) is 7.11. The Balaban J connectivity index is 2.89. The van der Waals surface area contributed by atoms with Gasteiger partial charge in [0.25, 0.3) is 0 Å². The molecule has 1 aromatic rings. The minimum absolute atomic E-state index is 0.208. The van der Waals surface area contributed by atoms with Gasteiger partial charge < -0.3 is 4.43 Å². The summed E-state index contributed by atoms with van der Waals surface area (Å²) in [6.07, 6.45) is 5.56. The van der Waals surface area contributed by atoms with Crippen LogP contribution in [0, 0.1) is 0 Å². The van der Waals surface area contributed by atoms with Crippen LogP contribution in [-0.4, -0.2) is 18.5 Å². The zero-order valence-corrected chi connectivity index (χ0v) is 13.3. The number of hydrogen-bond acceptors (Lipinski definition) is 2. The maximum Gasteiger partial charge on any atom is 0.250 e. The third-order valence-electron chi connectivity index (χ3n) is 3.48. The SMILES string of the molecule is C=Cc1[nH]ncc1/C=C(\C)O[Si](C)(C)C(C)(C)C. The number of allylic oxidation sites excluding steroid dienone is 1. The van der Waals surface area contributed by atoms with Crippen LogP contribution < -0.4 is 0 Å². The number of aromatic nitrogens is 2. The maximum absolute atomic E-state index is 6.20. The van der Waals surface area contributed by atoms with Gasteiger partial charge in [0, 0.05) is 5.56 Å². The van der Waals surface area contributed by atoms with Gasteiger partial charge in [-0.15, -0.1) is 0 Å². The van der Waals surface area contributed by atoms with Crippen LogP contribution in [0.4, 0.5) is 0 Å². The maximum atomic E-state index is 6.20. The Morgan fingerprint density at radius 3 is 2.56 bits per heavy atom. The quantitative estimate of drug-likeness (QED) is 0.645. The summed E-state index contributed by atoms with van der Waals surface area (Å²) in [5.74, 6) is 0.936. The topological polar surface area (TPSA) is 37.9 Å². The molecule has 1 aromatic heterocycles. The fraction of sp³-hybridized carbons (Fsp3) is 0.500. The molecule has 1 rings (SSSR count). The van der Waals surface area contributed by atoms with Crippen molar-refractivity contribution in [2.45, 2.75) is 45.8 Å². The summed E-state index contributed by atoms with van der Waals surface area (Å²) in [5.41, 5.74) is 1.94. The first-order chi connectivity index (χ1) is 8.17. The number of H-pyrrole nitrogens is 1. The molecule has 0 saturated heterocycles. The number of hydrogen-bond donors (Lipinski definition) is 1. The van der Waals surface area contributed by atoms with Gasteiger partial charge in [0.15, 0.2) is 0 Å². The number of nitrogens with one attached hydrogen (secondary N) is 1. The standard InChI is InChI=1S/C14H24N2OSi/c1-8-13-12(10-15-16-13)9-11(2)17-18(6,7)14(3,4)5/h8-10H,1H2,2-7H3,(H,15,16)/b11-9+. The van der Waals surface area contributed by atoms with Crippen LogP contribution in [0.25, 0.3) is 12.2 Å². The van der Waals surface area contributed by atoms with Gasteiger partial charge in [-0.3, -0.25) is 5.10 Å². The highest BCUT2D eigenvalue weighted by atomic mass is 28.4. The summed E-state index contributed by atoms with van der Waals surface area (Å²) in [4.78, 5) is 0. The lowest BCUT2D eigenvalue weighted by molar-refractivity contribution is 0.390. The fourth-order valence-corrected chi connectivity index (χ4v) is 2.56. The molecule has 0 aliphatic carbocycles. The molecule has 0 aliphatic heterocycles. The van der Waals surface area contributed by atoms with E-state index in [4.69, 9.17) is 4.43 Å². The van der Waals surface area contributed by atoms with E-state index in [0.717, 1.165) is 17.0 Å². The van der Waals surface area contributed by atoms with Crippen molar-refractivity contribution in [3.8, 4) is 0 Å². The average molecular weight is 264 g/mol. The van der Waals surface area contributed by atoms with E-state index in [1.165, 1.54) is 0 Å². The first-order valence-corrected chi connectivity index (χ1v) is 9.11. The lowest BCUT2D eigenvalue weighted by Gasteiger charge is -2.36. The molecule has 0 aromatic carbocycles. The average Bonchev–Trinajstić information content (AvgIpc) is 2.62. The molecule has 0 atom stereocenters. The predicted octanol–water partition coefficient (Wildman–Crippen LogP) is 4.44. The third kappa shape index (κ3) is 3.35. The van der Waals surface area contributed by atoms with Crippen LogP contribution in [0.2, 0.25) is 18.1 Å². The van der Waals surface area contributed by atoms with Gasteiger partial charge >= 0.3 is 0 Å². The molecule has 0 amide bonds. The Hall–Kier alpha value is -1.29. The van der Waals surface area contributed by atoms with Crippen molar-refractivity contribution in [3.05, 3.63) is 29.8 Å². The molecule has 0 unspecified atom stereocenters. The Labute approximate surface area is 111 Å². The molecule has 1 heterocycles. The van der Waals surface area contributed by atoms with Crippen molar-refractivity contribution in [2.75, 3.05) is 0 Å². The van der Waals surface area contributed by atoms with Crippen molar-refractivity contribution >= 4 is 20.5 Å². The van der Waals surface area contributed by atoms with E-state index in [2.05, 4.69) is 50.6 Å². The van der Waals surface area contributed by atoms with Gasteiger partial charge in [0.1, 0.15) is 0 Å². The van der Waals surface area contributed by atoms with E-state index in [9.17, 15) is 0 Å². The van der Waals surface area contributed by atoms with Crippen LogP contribution in [0.3, 0.4) is 0 Å². The van der Waals surface area contributed by atoms with Crippen LogP contribution in [0.1, 0.15) is 39.0 Å². The highest BCUT2D eigenvalue weighted by Gasteiger charge is 2.38. The van der Waals surface area contributed by atoms with Crippen molar-refractivity contribution in [2.24, 2.45) is 0 Å². The van der Waals surface area contributed by atoms with Crippen molar-refractivity contribution < 1.29 is 4.43 Å². The second kappa shape index (κ2) is 5.14. The smallest absolute Gasteiger partial charge is 0.250 e. The molecule has 4 heteroatoms. The van der Waals surface area contributed by atoms with Crippen LogP contribution in [-0.2, 0) is 4.43 Å². The number of aromatic amines is 1. The monoisotopic (exact) mass is 264 g/mol. The second-order valence-electron chi connectivity index (χ2n) is 6.06. The Morgan fingerprint density at radius 2 is 2.06 bits per heavy atom. The zero-order valence-electron chi connectivity index (χ0n) is 12.3. The van der Waals surface area contributed by atoms with Gasteiger partial charge in [-0.25, -0.2) is 0 Å².